The van der Waals surface area contributed by atoms with Crippen molar-refractivity contribution in [3.05, 3.63) is 93.3 Å². The second-order valence-corrected chi connectivity index (χ2v) is 10.9. The van der Waals surface area contributed by atoms with E-state index in [2.05, 4.69) is 5.32 Å². The minimum atomic E-state index is -0.768. The first-order chi connectivity index (χ1) is 18.5. The molecule has 0 unspecified atom stereocenters. The van der Waals surface area contributed by atoms with Crippen molar-refractivity contribution < 1.29 is 23.5 Å². The molecule has 1 fully saturated rings. The number of methoxy groups -OCH3 is 1. The van der Waals surface area contributed by atoms with Crippen LogP contribution in [0.3, 0.4) is 0 Å². The molecule has 1 saturated heterocycles. The summed E-state index contributed by atoms with van der Waals surface area (Å²) in [5.74, 6) is -1.31. The number of hydrogen-bond acceptors (Lipinski definition) is 8. The van der Waals surface area contributed by atoms with Crippen LogP contribution in [0.1, 0.15) is 16.6 Å². The number of fused-ring (bicyclic) bond motifs is 2. The molecule has 0 saturated carbocycles. The molecule has 6 rings (SSSR count). The van der Waals surface area contributed by atoms with Gasteiger partial charge in [0, 0.05) is 5.69 Å². The van der Waals surface area contributed by atoms with Gasteiger partial charge in [-0.25, -0.2) is 4.90 Å². The van der Waals surface area contributed by atoms with Gasteiger partial charge >= 0.3 is 4.87 Å². The number of benzene rings is 2. The Bertz CT molecular complexity index is 1580. The van der Waals surface area contributed by atoms with E-state index in [-0.39, 0.29) is 23.2 Å². The predicted molar refractivity (Wildman–Crippen MR) is 143 cm³/mol. The highest BCUT2D eigenvalue weighted by atomic mass is 32.2. The third kappa shape index (κ3) is 4.04. The highest BCUT2D eigenvalue weighted by Crippen LogP contribution is 2.53. The maximum absolute atomic E-state index is 13.7. The summed E-state index contributed by atoms with van der Waals surface area (Å²) in [6, 6.07) is 19.1. The molecule has 4 aromatic rings. The van der Waals surface area contributed by atoms with Crippen LogP contribution in [0.5, 0.6) is 5.75 Å². The van der Waals surface area contributed by atoms with Crippen LogP contribution in [0, 0.1) is 5.92 Å². The molecular weight excluding hydrogens is 526 g/mol. The molecule has 0 aliphatic carbocycles. The number of thioether (sulfide) groups is 1. The Labute approximate surface area is 225 Å². The number of carbonyl (C=O) groups excluding carboxylic acids is 3. The number of anilines is 2. The fourth-order valence-corrected chi connectivity index (χ4v) is 7.63. The zero-order valence-corrected chi connectivity index (χ0v) is 21.7. The molecule has 9 nitrogen and oxygen atoms in total. The minimum absolute atomic E-state index is 0.240. The van der Waals surface area contributed by atoms with Crippen molar-refractivity contribution in [1.82, 2.24) is 4.57 Å². The lowest BCUT2D eigenvalue weighted by molar-refractivity contribution is -0.122. The molecule has 4 heterocycles. The Kier molecular flexibility index (Phi) is 6.16. The summed E-state index contributed by atoms with van der Waals surface area (Å²) in [4.78, 5) is 54.8. The smallest absolute Gasteiger partial charge is 0.308 e. The summed E-state index contributed by atoms with van der Waals surface area (Å²) in [5.41, 5.74) is 1.06. The molecule has 2 aliphatic rings. The first kappa shape index (κ1) is 24.3. The molecular formula is C27H21N3O6S2. The molecule has 2 aromatic carbocycles. The Morgan fingerprint density at radius 2 is 1.76 bits per heavy atom. The van der Waals surface area contributed by atoms with Crippen molar-refractivity contribution >= 4 is 52.2 Å². The molecule has 2 aliphatic heterocycles. The van der Waals surface area contributed by atoms with Gasteiger partial charge in [0.15, 0.2) is 0 Å². The largest absolute Gasteiger partial charge is 0.497 e. The number of nitrogens with zero attached hydrogens (tertiary/aromatic N) is 2. The predicted octanol–water partition coefficient (Wildman–Crippen LogP) is 3.95. The first-order valence-electron chi connectivity index (χ1n) is 11.8. The quantitative estimate of drug-likeness (QED) is 0.364. The zero-order chi connectivity index (χ0) is 26.4. The average molecular weight is 548 g/mol. The number of thiazole rings is 1. The second kappa shape index (κ2) is 9.66. The number of carbonyl (C=O) groups is 3. The van der Waals surface area contributed by atoms with Crippen LogP contribution in [0.4, 0.5) is 11.4 Å². The van der Waals surface area contributed by atoms with Crippen molar-refractivity contribution in [2.75, 3.05) is 17.3 Å². The monoisotopic (exact) mass is 547 g/mol. The van der Waals surface area contributed by atoms with Gasteiger partial charge in [0.2, 0.25) is 17.7 Å². The number of rotatable bonds is 6. The molecule has 1 N–H and O–H groups in total. The molecule has 192 valence electrons. The fraction of sp³-hybridized carbons (Fsp3) is 0.185. The van der Waals surface area contributed by atoms with Gasteiger partial charge in [0.1, 0.15) is 23.3 Å². The lowest BCUT2D eigenvalue weighted by Gasteiger charge is -2.29. The van der Waals surface area contributed by atoms with E-state index in [4.69, 9.17) is 9.15 Å². The number of hydrogen-bond donors (Lipinski definition) is 1. The van der Waals surface area contributed by atoms with Gasteiger partial charge < -0.3 is 14.5 Å². The van der Waals surface area contributed by atoms with E-state index in [1.54, 1.807) is 67.8 Å². The third-order valence-corrected chi connectivity index (χ3v) is 9.19. The third-order valence-electron chi connectivity index (χ3n) is 6.59. The number of imide groups is 1. The number of amides is 3. The Balaban J connectivity index is 1.36. The average Bonchev–Trinajstić information content (AvgIpc) is 3.62. The van der Waals surface area contributed by atoms with Crippen LogP contribution >= 0.6 is 23.1 Å². The van der Waals surface area contributed by atoms with Gasteiger partial charge in [-0.2, -0.15) is 0 Å². The Morgan fingerprint density at radius 3 is 2.45 bits per heavy atom. The van der Waals surface area contributed by atoms with Crippen molar-refractivity contribution in [2.24, 2.45) is 5.92 Å². The van der Waals surface area contributed by atoms with Crippen LogP contribution in [-0.2, 0) is 20.9 Å². The highest BCUT2D eigenvalue weighted by molar-refractivity contribution is 8.00. The molecule has 3 atom stereocenters. The van der Waals surface area contributed by atoms with Crippen molar-refractivity contribution in [3.8, 4) is 5.75 Å². The normalized spacial score (nSPS) is 20.2. The molecule has 11 heteroatoms. The summed E-state index contributed by atoms with van der Waals surface area (Å²) in [7, 11) is 1.56. The van der Waals surface area contributed by atoms with Gasteiger partial charge in [-0.15, -0.1) is 0 Å². The van der Waals surface area contributed by atoms with Gasteiger partial charge in [0.25, 0.3) is 0 Å². The van der Waals surface area contributed by atoms with Crippen LogP contribution < -0.4 is 19.8 Å². The Morgan fingerprint density at radius 1 is 1.00 bits per heavy atom. The van der Waals surface area contributed by atoms with E-state index in [9.17, 15) is 19.2 Å². The van der Waals surface area contributed by atoms with E-state index in [1.807, 2.05) is 6.07 Å². The summed E-state index contributed by atoms with van der Waals surface area (Å²) < 4.78 is 12.2. The maximum Gasteiger partial charge on any atom is 0.308 e. The molecule has 0 spiro atoms. The van der Waals surface area contributed by atoms with Crippen molar-refractivity contribution in [1.29, 1.82) is 0 Å². The minimum Gasteiger partial charge on any atom is -0.497 e. The topological polar surface area (TPSA) is 111 Å². The molecule has 2 aromatic heterocycles. The summed E-state index contributed by atoms with van der Waals surface area (Å²) in [6.45, 7) is -0.240. The molecule has 0 radical (unpaired) electrons. The SMILES string of the molecule is COc1ccc(NC(=O)Cn2c3c(sc2=O)[C@@H](c2ccco2)[C@@H]2C(=O)N(c4ccccc4)C(=O)[C@@H]2S3)cc1. The van der Waals surface area contributed by atoms with E-state index < -0.39 is 23.0 Å². The first-order valence-corrected chi connectivity index (χ1v) is 13.5. The molecule has 0 bridgehead atoms. The van der Waals surface area contributed by atoms with E-state index in [0.717, 1.165) is 23.1 Å². The maximum atomic E-state index is 13.7. The van der Waals surface area contributed by atoms with Crippen molar-refractivity contribution in [2.45, 2.75) is 22.7 Å². The number of nitrogens with one attached hydrogen (secondary N) is 1. The van der Waals surface area contributed by atoms with Crippen molar-refractivity contribution in [3.63, 3.8) is 0 Å². The zero-order valence-electron chi connectivity index (χ0n) is 20.0. The van der Waals surface area contributed by atoms with Gasteiger partial charge in [0.05, 0.1) is 40.8 Å². The van der Waals surface area contributed by atoms with E-state index >= 15 is 0 Å². The summed E-state index contributed by atoms with van der Waals surface area (Å²) in [6.07, 6.45) is 1.50. The lowest BCUT2D eigenvalue weighted by Crippen LogP contribution is -2.32. The molecule has 3 amide bonds. The fourth-order valence-electron chi connectivity index (χ4n) is 4.88. The van der Waals surface area contributed by atoms with E-state index in [0.29, 0.717) is 32.8 Å². The van der Waals surface area contributed by atoms with Crippen LogP contribution in [0.25, 0.3) is 0 Å². The van der Waals surface area contributed by atoms with Gasteiger partial charge in [-0.1, -0.05) is 41.3 Å². The number of para-hydroxylation sites is 1. The Hall–Kier alpha value is -4.09. The highest BCUT2D eigenvalue weighted by Gasteiger charge is 2.57. The summed E-state index contributed by atoms with van der Waals surface area (Å²) in [5, 5.41) is 2.52. The van der Waals surface area contributed by atoms with Crippen LogP contribution in [0.15, 0.2) is 87.2 Å². The summed E-state index contributed by atoms with van der Waals surface area (Å²) >= 11 is 2.14. The number of furan rings is 1. The van der Waals surface area contributed by atoms with E-state index in [1.165, 1.54) is 15.7 Å². The lowest BCUT2D eigenvalue weighted by atomic mass is 9.87. The van der Waals surface area contributed by atoms with Crippen LogP contribution in [-0.4, -0.2) is 34.6 Å². The van der Waals surface area contributed by atoms with Gasteiger partial charge in [-0.05, 0) is 48.5 Å². The second-order valence-electron chi connectivity index (χ2n) is 8.80. The molecule has 38 heavy (non-hydrogen) atoms. The number of ether oxygens (including phenoxy) is 1. The van der Waals surface area contributed by atoms with Gasteiger partial charge in [-0.3, -0.25) is 23.7 Å². The van der Waals surface area contributed by atoms with Crippen LogP contribution in [0.2, 0.25) is 0 Å². The number of aromatic nitrogens is 1. The standard InChI is InChI=1S/C27H21N3O6S2/c1-35-17-11-9-15(10-12-17)28-19(31)14-29-26-23(38-27(29)34)20(18-8-5-13-36-18)21-22(37-26)25(33)30(24(21)32)16-6-3-2-4-7-16/h2-13,20-22H,14H2,1H3,(H,28,31)/t20-,21-,22+/m0/s1.